The number of nitrogens with one attached hydrogen (secondary N) is 1. The van der Waals surface area contributed by atoms with Gasteiger partial charge in [-0.05, 0) is 82.2 Å². The van der Waals surface area contributed by atoms with E-state index in [0.717, 1.165) is 33.0 Å². The molecule has 0 radical (unpaired) electrons. The van der Waals surface area contributed by atoms with Gasteiger partial charge in [0.05, 0.1) is 11.6 Å². The zero-order chi connectivity index (χ0) is 17.8. The summed E-state index contributed by atoms with van der Waals surface area (Å²) >= 11 is 3.21. The Labute approximate surface area is 164 Å². The van der Waals surface area contributed by atoms with Gasteiger partial charge in [-0.25, -0.2) is 0 Å². The molecule has 0 spiro atoms. The number of halogens is 1. The molecule has 0 saturated carbocycles. The minimum absolute atomic E-state index is 0.167. The molecule has 6 heteroatoms. The molecule has 1 heterocycles. The van der Waals surface area contributed by atoms with Crippen LogP contribution >= 0.6 is 34.4 Å². The first kappa shape index (κ1) is 18.0. The molecule has 1 aliphatic heterocycles. The van der Waals surface area contributed by atoms with Crippen molar-refractivity contribution in [2.75, 3.05) is 12.0 Å². The summed E-state index contributed by atoms with van der Waals surface area (Å²) in [4.78, 5) is 26.3. The topological polar surface area (TPSA) is 49.4 Å². The monoisotopic (exact) mass is 464 g/mol. The molecular weight excluding hydrogens is 447 g/mol. The summed E-state index contributed by atoms with van der Waals surface area (Å²) in [6, 6.07) is 15.8. The molecule has 1 fully saturated rings. The quantitative estimate of drug-likeness (QED) is 0.502. The van der Waals surface area contributed by atoms with Crippen molar-refractivity contribution in [3.05, 3.63) is 68.1 Å². The van der Waals surface area contributed by atoms with Gasteiger partial charge < -0.3 is 5.32 Å². The number of anilines is 1. The zero-order valence-electron chi connectivity index (χ0n) is 13.7. The van der Waals surface area contributed by atoms with E-state index in [1.165, 1.54) is 10.5 Å². The van der Waals surface area contributed by atoms with E-state index in [9.17, 15) is 9.59 Å². The Hall–Kier alpha value is -1.80. The molecule has 0 unspecified atom stereocenters. The van der Waals surface area contributed by atoms with Crippen LogP contribution in [0.3, 0.4) is 0 Å². The van der Waals surface area contributed by atoms with E-state index in [1.54, 1.807) is 6.08 Å². The van der Waals surface area contributed by atoms with E-state index in [4.69, 9.17) is 0 Å². The number of hydrogen-bond acceptors (Lipinski definition) is 4. The Balaban J connectivity index is 1.67. The molecular formula is C19H17IN2O2S. The smallest absolute Gasteiger partial charge is 0.295 e. The lowest BCUT2D eigenvalue weighted by Gasteiger charge is -2.14. The zero-order valence-corrected chi connectivity index (χ0v) is 16.6. The Morgan fingerprint density at radius 3 is 2.40 bits per heavy atom. The summed E-state index contributed by atoms with van der Waals surface area (Å²) in [6.07, 6.45) is 2.74. The van der Waals surface area contributed by atoms with Gasteiger partial charge in [0.25, 0.3) is 11.1 Å². The summed E-state index contributed by atoms with van der Waals surface area (Å²) < 4.78 is 1.13. The summed E-state index contributed by atoms with van der Waals surface area (Å²) in [5, 5.41) is 2.88. The number of amides is 2. The van der Waals surface area contributed by atoms with Crippen LogP contribution in [0.4, 0.5) is 10.5 Å². The normalized spacial score (nSPS) is 15.9. The molecule has 0 aromatic heterocycles. The first-order valence-electron chi connectivity index (χ1n) is 7.90. The molecule has 1 aliphatic rings. The highest BCUT2D eigenvalue weighted by Crippen LogP contribution is 2.32. The van der Waals surface area contributed by atoms with Gasteiger partial charge in [0.1, 0.15) is 0 Å². The van der Waals surface area contributed by atoms with Crippen LogP contribution in [0.25, 0.3) is 6.08 Å². The molecule has 2 aromatic carbocycles. The fraction of sp³-hybridized carbons (Fsp3) is 0.158. The van der Waals surface area contributed by atoms with Gasteiger partial charge in [-0.1, -0.05) is 31.2 Å². The summed E-state index contributed by atoms with van der Waals surface area (Å²) in [5.74, 6) is -0.258. The van der Waals surface area contributed by atoms with Crippen LogP contribution in [0.1, 0.15) is 18.1 Å². The molecule has 128 valence electrons. The lowest BCUT2D eigenvalue weighted by atomic mass is 10.1. The highest BCUT2D eigenvalue weighted by molar-refractivity contribution is 14.1. The van der Waals surface area contributed by atoms with Gasteiger partial charge in [-0.3, -0.25) is 14.5 Å². The van der Waals surface area contributed by atoms with Crippen molar-refractivity contribution in [3.63, 3.8) is 0 Å². The molecule has 1 N–H and O–H groups in total. The second-order valence-corrected chi connectivity index (χ2v) is 7.79. The summed E-state index contributed by atoms with van der Waals surface area (Å²) in [6.45, 7) is 2.27. The van der Waals surface area contributed by atoms with Crippen molar-refractivity contribution >= 4 is 57.3 Å². The number of hydrogen-bond donors (Lipinski definition) is 1. The average molecular weight is 464 g/mol. The molecule has 2 aromatic rings. The van der Waals surface area contributed by atoms with Crippen molar-refractivity contribution in [1.82, 2.24) is 4.90 Å². The maximum absolute atomic E-state index is 12.5. The van der Waals surface area contributed by atoms with Crippen LogP contribution in [0.2, 0.25) is 0 Å². The van der Waals surface area contributed by atoms with Crippen LogP contribution < -0.4 is 5.32 Å². The predicted molar refractivity (Wildman–Crippen MR) is 111 cm³/mol. The van der Waals surface area contributed by atoms with Crippen molar-refractivity contribution in [3.8, 4) is 0 Å². The van der Waals surface area contributed by atoms with Crippen molar-refractivity contribution in [1.29, 1.82) is 0 Å². The Morgan fingerprint density at radius 1 is 1.08 bits per heavy atom. The Kier molecular flexibility index (Phi) is 5.80. The second kappa shape index (κ2) is 8.05. The van der Waals surface area contributed by atoms with Crippen molar-refractivity contribution < 1.29 is 9.59 Å². The standard InChI is InChI=1S/C19H17IN2O2S/c1-2-13-5-9-16(10-6-13)21-12-22-18(23)17(25-19(22)24)11-14-3-7-15(20)8-4-14/h3-11,21H,2,12H2,1H3. The first-order chi connectivity index (χ1) is 12.1. The first-order valence-corrected chi connectivity index (χ1v) is 9.80. The number of carbonyl (C=O) groups excluding carboxylic acids is 2. The molecule has 4 nitrogen and oxygen atoms in total. The fourth-order valence-corrected chi connectivity index (χ4v) is 3.57. The van der Waals surface area contributed by atoms with E-state index >= 15 is 0 Å². The third kappa shape index (κ3) is 4.43. The third-order valence-corrected chi connectivity index (χ3v) is 5.47. The van der Waals surface area contributed by atoms with E-state index in [-0.39, 0.29) is 17.8 Å². The SMILES string of the molecule is CCc1ccc(NCN2C(=O)SC(=Cc3ccc(I)cc3)C2=O)cc1. The Bertz CT molecular complexity index is 816. The highest BCUT2D eigenvalue weighted by atomic mass is 127. The lowest BCUT2D eigenvalue weighted by molar-refractivity contribution is -0.122. The van der Waals surface area contributed by atoms with Gasteiger partial charge in [-0.15, -0.1) is 0 Å². The average Bonchev–Trinajstić information content (AvgIpc) is 2.89. The molecule has 2 amide bonds. The lowest BCUT2D eigenvalue weighted by Crippen LogP contribution is -2.33. The van der Waals surface area contributed by atoms with Gasteiger partial charge >= 0.3 is 0 Å². The van der Waals surface area contributed by atoms with Crippen molar-refractivity contribution in [2.24, 2.45) is 0 Å². The van der Waals surface area contributed by atoms with Crippen LogP contribution in [0.15, 0.2) is 53.4 Å². The summed E-state index contributed by atoms with van der Waals surface area (Å²) in [7, 11) is 0. The highest BCUT2D eigenvalue weighted by Gasteiger charge is 2.34. The maximum Gasteiger partial charge on any atom is 0.295 e. The van der Waals surface area contributed by atoms with Gasteiger partial charge in [0.15, 0.2) is 0 Å². The minimum Gasteiger partial charge on any atom is -0.367 e. The molecule has 1 saturated heterocycles. The van der Waals surface area contributed by atoms with Crippen LogP contribution in [0, 0.1) is 3.57 Å². The van der Waals surface area contributed by atoms with Crippen LogP contribution in [-0.2, 0) is 11.2 Å². The minimum atomic E-state index is -0.258. The van der Waals surface area contributed by atoms with E-state index in [0.29, 0.717) is 4.91 Å². The largest absolute Gasteiger partial charge is 0.367 e. The number of rotatable bonds is 5. The maximum atomic E-state index is 12.5. The molecule has 3 rings (SSSR count). The number of benzene rings is 2. The van der Waals surface area contributed by atoms with E-state index in [2.05, 4.69) is 34.8 Å². The fourth-order valence-electron chi connectivity index (χ4n) is 2.38. The molecule has 0 bridgehead atoms. The van der Waals surface area contributed by atoms with Gasteiger partial charge in [0.2, 0.25) is 0 Å². The van der Waals surface area contributed by atoms with Crippen molar-refractivity contribution in [2.45, 2.75) is 13.3 Å². The van der Waals surface area contributed by atoms with Crippen LogP contribution in [-0.4, -0.2) is 22.7 Å². The number of nitrogens with zero attached hydrogens (tertiary/aromatic N) is 1. The summed E-state index contributed by atoms with van der Waals surface area (Å²) in [5.41, 5.74) is 3.05. The van der Waals surface area contributed by atoms with E-state index < -0.39 is 0 Å². The predicted octanol–water partition coefficient (Wildman–Crippen LogP) is 4.96. The molecule has 0 aliphatic carbocycles. The van der Waals surface area contributed by atoms with E-state index in [1.807, 2.05) is 48.5 Å². The Morgan fingerprint density at radius 2 is 1.76 bits per heavy atom. The third-order valence-electron chi connectivity index (χ3n) is 3.84. The molecule has 0 atom stereocenters. The van der Waals surface area contributed by atoms with Gasteiger partial charge in [-0.2, -0.15) is 0 Å². The number of imide groups is 1. The number of aryl methyl sites for hydroxylation is 1. The number of carbonyl (C=O) groups is 2. The molecule has 25 heavy (non-hydrogen) atoms. The second-order valence-electron chi connectivity index (χ2n) is 5.55. The van der Waals surface area contributed by atoms with Crippen LogP contribution in [0.5, 0.6) is 0 Å². The number of thioether (sulfide) groups is 1. The van der Waals surface area contributed by atoms with Gasteiger partial charge in [0, 0.05) is 9.26 Å².